The quantitative estimate of drug-likeness (QED) is 0.479. The lowest BCUT2D eigenvalue weighted by molar-refractivity contribution is 0.0777. The summed E-state index contributed by atoms with van der Waals surface area (Å²) in [5, 5.41) is 1.92. The van der Waals surface area contributed by atoms with Crippen molar-refractivity contribution in [1.29, 1.82) is 0 Å². The minimum atomic E-state index is -0.175. The van der Waals surface area contributed by atoms with Crippen molar-refractivity contribution in [2.45, 2.75) is 19.5 Å². The summed E-state index contributed by atoms with van der Waals surface area (Å²) < 4.78 is 12.4. The number of aromatic nitrogens is 2. The Balaban J connectivity index is 1.51. The summed E-state index contributed by atoms with van der Waals surface area (Å²) >= 11 is 1.50. The molecule has 35 heavy (non-hydrogen) atoms. The summed E-state index contributed by atoms with van der Waals surface area (Å²) in [5.41, 5.74) is 4.72. The van der Waals surface area contributed by atoms with Gasteiger partial charge in [0.2, 0.25) is 0 Å². The number of methoxy groups -OCH3 is 2. The van der Waals surface area contributed by atoms with Crippen LogP contribution in [-0.4, -0.2) is 66.2 Å². The zero-order valence-corrected chi connectivity index (χ0v) is 21.1. The second kappa shape index (κ2) is 11.3. The van der Waals surface area contributed by atoms with Crippen LogP contribution in [0.4, 0.5) is 0 Å². The molecule has 0 saturated heterocycles. The topological polar surface area (TPSA) is 76.9 Å². The fraction of sp³-hybridized carbons (Fsp3) is 0.346. The fourth-order valence-electron chi connectivity index (χ4n) is 4.24. The summed E-state index contributed by atoms with van der Waals surface area (Å²) in [7, 11) is 4.90. The van der Waals surface area contributed by atoms with E-state index >= 15 is 0 Å². The standard InChI is InChI=1S/C26H30N4O4S/c1-28(16-20-17-35-18-27-20)26(32)25-22-10-12-29(13-14-30(22)24(31)15-23(25)34-3)11-4-5-19-6-8-21(33-2)9-7-19/h4-9,15,17-18H,10-14,16H2,1-3H3/b5-4+. The second-order valence-electron chi connectivity index (χ2n) is 8.39. The number of benzene rings is 1. The molecule has 3 aromatic rings. The third-order valence-corrected chi connectivity index (χ3v) is 6.77. The molecule has 3 heterocycles. The average molecular weight is 495 g/mol. The van der Waals surface area contributed by atoms with Gasteiger partial charge < -0.3 is 18.9 Å². The molecule has 184 valence electrons. The molecular weight excluding hydrogens is 464 g/mol. The summed E-state index contributed by atoms with van der Waals surface area (Å²) in [5.74, 6) is 0.978. The van der Waals surface area contributed by atoms with E-state index in [-0.39, 0.29) is 11.5 Å². The first-order valence-electron chi connectivity index (χ1n) is 11.5. The van der Waals surface area contributed by atoms with E-state index in [1.54, 1.807) is 29.1 Å². The Kier molecular flexibility index (Phi) is 7.99. The van der Waals surface area contributed by atoms with Crippen LogP contribution in [-0.2, 0) is 19.5 Å². The number of hydrogen-bond acceptors (Lipinski definition) is 7. The molecule has 9 heteroatoms. The molecule has 4 rings (SSSR count). The lowest BCUT2D eigenvalue weighted by Crippen LogP contribution is -2.32. The van der Waals surface area contributed by atoms with Crippen LogP contribution < -0.4 is 15.0 Å². The zero-order valence-electron chi connectivity index (χ0n) is 20.3. The van der Waals surface area contributed by atoms with Gasteiger partial charge in [0.1, 0.15) is 17.1 Å². The van der Waals surface area contributed by atoms with E-state index in [2.05, 4.69) is 22.0 Å². The molecule has 0 bridgehead atoms. The van der Waals surface area contributed by atoms with Gasteiger partial charge >= 0.3 is 0 Å². The van der Waals surface area contributed by atoms with E-state index in [4.69, 9.17) is 9.47 Å². The number of ether oxygens (including phenoxy) is 2. The maximum atomic E-state index is 13.5. The Labute approximate surface area is 209 Å². The highest BCUT2D eigenvalue weighted by molar-refractivity contribution is 7.07. The molecule has 0 radical (unpaired) electrons. The van der Waals surface area contributed by atoms with Crippen molar-refractivity contribution in [3.05, 3.63) is 80.2 Å². The van der Waals surface area contributed by atoms with Crippen LogP contribution in [0.3, 0.4) is 0 Å². The van der Waals surface area contributed by atoms with E-state index in [1.807, 2.05) is 29.6 Å². The van der Waals surface area contributed by atoms with E-state index in [1.165, 1.54) is 24.5 Å². The van der Waals surface area contributed by atoms with Gasteiger partial charge in [-0.15, -0.1) is 11.3 Å². The van der Waals surface area contributed by atoms with Crippen LogP contribution in [0.5, 0.6) is 11.5 Å². The lowest BCUT2D eigenvalue weighted by Gasteiger charge is -2.21. The van der Waals surface area contributed by atoms with Crippen LogP contribution in [0.25, 0.3) is 6.08 Å². The molecule has 2 aromatic heterocycles. The van der Waals surface area contributed by atoms with Gasteiger partial charge in [0.25, 0.3) is 11.5 Å². The molecule has 0 N–H and O–H groups in total. The van der Waals surface area contributed by atoms with Gasteiger partial charge in [-0.05, 0) is 17.7 Å². The third-order valence-electron chi connectivity index (χ3n) is 6.14. The first-order chi connectivity index (χ1) is 17.0. The van der Waals surface area contributed by atoms with Gasteiger partial charge in [-0.1, -0.05) is 24.3 Å². The number of pyridine rings is 1. The Morgan fingerprint density at radius 3 is 2.66 bits per heavy atom. The van der Waals surface area contributed by atoms with Crippen molar-refractivity contribution in [2.24, 2.45) is 0 Å². The van der Waals surface area contributed by atoms with Crippen molar-refractivity contribution in [1.82, 2.24) is 19.4 Å². The highest BCUT2D eigenvalue weighted by Crippen LogP contribution is 2.25. The smallest absolute Gasteiger partial charge is 0.259 e. The number of rotatable bonds is 8. The molecule has 0 saturated carbocycles. The van der Waals surface area contributed by atoms with Crippen molar-refractivity contribution in [3.63, 3.8) is 0 Å². The number of fused-ring (bicyclic) bond motifs is 1. The maximum absolute atomic E-state index is 13.5. The first kappa shape index (κ1) is 24.7. The predicted octanol–water partition coefficient (Wildman–Crippen LogP) is 3.17. The number of nitrogens with zero attached hydrogens (tertiary/aromatic N) is 4. The number of hydrogen-bond donors (Lipinski definition) is 0. The molecule has 0 unspecified atom stereocenters. The van der Waals surface area contributed by atoms with Gasteiger partial charge in [-0.2, -0.15) is 0 Å². The Morgan fingerprint density at radius 1 is 1.17 bits per heavy atom. The van der Waals surface area contributed by atoms with Gasteiger partial charge in [0.15, 0.2) is 0 Å². The number of amides is 1. The largest absolute Gasteiger partial charge is 0.497 e. The maximum Gasteiger partial charge on any atom is 0.259 e. The molecular formula is C26H30N4O4S. The van der Waals surface area contributed by atoms with Gasteiger partial charge in [0, 0.05) is 56.8 Å². The van der Waals surface area contributed by atoms with Crippen LogP contribution in [0.15, 0.2) is 52.1 Å². The fourth-order valence-corrected chi connectivity index (χ4v) is 4.79. The average Bonchev–Trinajstić information content (AvgIpc) is 3.29. The third kappa shape index (κ3) is 5.80. The van der Waals surface area contributed by atoms with Crippen LogP contribution in [0.2, 0.25) is 0 Å². The Morgan fingerprint density at radius 2 is 1.97 bits per heavy atom. The highest BCUT2D eigenvalue weighted by Gasteiger charge is 2.27. The highest BCUT2D eigenvalue weighted by atomic mass is 32.1. The van der Waals surface area contributed by atoms with E-state index < -0.39 is 0 Å². The predicted molar refractivity (Wildman–Crippen MR) is 137 cm³/mol. The summed E-state index contributed by atoms with van der Waals surface area (Å²) in [6.07, 6.45) is 4.78. The van der Waals surface area contributed by atoms with Gasteiger partial charge in [0.05, 0.1) is 32.0 Å². The molecule has 0 aliphatic carbocycles. The van der Waals surface area contributed by atoms with Gasteiger partial charge in [-0.25, -0.2) is 4.98 Å². The first-order valence-corrected chi connectivity index (χ1v) is 12.4. The number of carbonyl (C=O) groups excluding carboxylic acids is 1. The van der Waals surface area contributed by atoms with E-state index in [9.17, 15) is 9.59 Å². The molecule has 0 spiro atoms. The summed E-state index contributed by atoms with van der Waals surface area (Å²) in [4.78, 5) is 34.5. The number of thiazole rings is 1. The summed E-state index contributed by atoms with van der Waals surface area (Å²) in [6, 6.07) is 9.32. The van der Waals surface area contributed by atoms with Crippen LogP contribution in [0, 0.1) is 0 Å². The number of carbonyl (C=O) groups is 1. The molecule has 1 aliphatic heterocycles. The van der Waals surface area contributed by atoms with E-state index in [0.717, 1.165) is 35.8 Å². The van der Waals surface area contributed by atoms with Crippen LogP contribution in [0.1, 0.15) is 27.3 Å². The lowest BCUT2D eigenvalue weighted by atomic mass is 10.1. The van der Waals surface area contributed by atoms with Crippen molar-refractivity contribution >= 4 is 23.3 Å². The minimum absolute atomic E-state index is 0.147. The van der Waals surface area contributed by atoms with Crippen molar-refractivity contribution < 1.29 is 14.3 Å². The molecule has 0 atom stereocenters. The van der Waals surface area contributed by atoms with Crippen molar-refractivity contribution in [2.75, 3.05) is 40.9 Å². The second-order valence-corrected chi connectivity index (χ2v) is 9.11. The van der Waals surface area contributed by atoms with Crippen LogP contribution >= 0.6 is 11.3 Å². The molecule has 1 aliphatic rings. The monoisotopic (exact) mass is 494 g/mol. The van der Waals surface area contributed by atoms with Gasteiger partial charge in [-0.3, -0.25) is 14.5 Å². The zero-order chi connectivity index (χ0) is 24.8. The molecule has 1 aromatic carbocycles. The minimum Gasteiger partial charge on any atom is -0.497 e. The van der Waals surface area contributed by atoms with Crippen molar-refractivity contribution in [3.8, 4) is 11.5 Å². The molecule has 0 fully saturated rings. The Hall–Kier alpha value is -3.43. The Bertz CT molecular complexity index is 1240. The SMILES string of the molecule is COc1ccc(/C=C/CN2CCc3c(C(=O)N(C)Cc4cscn4)c(OC)cc(=O)n3CC2)cc1. The molecule has 8 nitrogen and oxygen atoms in total. The normalized spacial score (nSPS) is 13.9. The van der Waals surface area contributed by atoms with E-state index in [0.29, 0.717) is 37.4 Å². The molecule has 1 amide bonds. The summed E-state index contributed by atoms with van der Waals surface area (Å²) in [6.45, 7) is 3.11.